The van der Waals surface area contributed by atoms with Gasteiger partial charge < -0.3 is 19.7 Å². The minimum absolute atomic E-state index is 0.0316. The standard InChI is InChI=1S/C17H25F2N3O2/c1-17(2)7-8-22(11-17)16(20-3)21-10-12-5-6-13(23-4)14(9-12)24-15(18)19/h5-6,9,15H,7-8,10-11H2,1-4H3,(H,20,21). The number of halogens is 2. The van der Waals surface area contributed by atoms with Crippen LogP contribution >= 0.6 is 0 Å². The maximum atomic E-state index is 12.5. The lowest BCUT2D eigenvalue weighted by atomic mass is 9.93. The molecule has 0 bridgehead atoms. The monoisotopic (exact) mass is 341 g/mol. The van der Waals surface area contributed by atoms with Gasteiger partial charge in [0.1, 0.15) is 0 Å². The average molecular weight is 341 g/mol. The number of ether oxygens (including phenoxy) is 2. The van der Waals surface area contributed by atoms with E-state index in [1.807, 2.05) is 6.07 Å². The molecule has 2 rings (SSSR count). The molecule has 0 aliphatic carbocycles. The number of alkyl halides is 2. The molecule has 1 saturated heterocycles. The topological polar surface area (TPSA) is 46.1 Å². The summed E-state index contributed by atoms with van der Waals surface area (Å²) in [6, 6.07) is 4.99. The van der Waals surface area contributed by atoms with Gasteiger partial charge >= 0.3 is 6.61 Å². The first-order valence-electron chi connectivity index (χ1n) is 7.92. The smallest absolute Gasteiger partial charge is 0.387 e. The number of hydrogen-bond donors (Lipinski definition) is 1. The van der Waals surface area contributed by atoms with Gasteiger partial charge in [0.05, 0.1) is 7.11 Å². The minimum Gasteiger partial charge on any atom is -0.493 e. The Morgan fingerprint density at radius 3 is 2.67 bits per heavy atom. The zero-order valence-electron chi connectivity index (χ0n) is 14.6. The van der Waals surface area contributed by atoms with Gasteiger partial charge in [0.15, 0.2) is 17.5 Å². The highest BCUT2D eigenvalue weighted by Crippen LogP contribution is 2.30. The van der Waals surface area contributed by atoms with Crippen molar-refractivity contribution >= 4 is 5.96 Å². The number of aliphatic imine (C=N–C) groups is 1. The van der Waals surface area contributed by atoms with Gasteiger partial charge in [-0.25, -0.2) is 0 Å². The Hall–Kier alpha value is -2.05. The summed E-state index contributed by atoms with van der Waals surface area (Å²) in [5.41, 5.74) is 1.08. The highest BCUT2D eigenvalue weighted by molar-refractivity contribution is 5.80. The molecule has 0 unspecified atom stereocenters. The fourth-order valence-corrected chi connectivity index (χ4v) is 2.83. The van der Waals surface area contributed by atoms with Crippen LogP contribution in [0.25, 0.3) is 0 Å². The normalized spacial score (nSPS) is 17.3. The van der Waals surface area contributed by atoms with Crippen LogP contribution in [0.4, 0.5) is 8.78 Å². The molecule has 0 amide bonds. The first-order chi connectivity index (χ1) is 11.3. The van der Waals surface area contributed by atoms with Crippen molar-refractivity contribution in [3.63, 3.8) is 0 Å². The number of methoxy groups -OCH3 is 1. The molecule has 1 heterocycles. The van der Waals surface area contributed by atoms with Crippen LogP contribution < -0.4 is 14.8 Å². The van der Waals surface area contributed by atoms with Crippen molar-refractivity contribution < 1.29 is 18.3 Å². The molecule has 5 nitrogen and oxygen atoms in total. The SMILES string of the molecule is CN=C(NCc1ccc(OC)c(OC(F)F)c1)N1CCC(C)(C)C1. The van der Waals surface area contributed by atoms with Gasteiger partial charge in [0.2, 0.25) is 0 Å². The zero-order chi connectivity index (χ0) is 17.7. The van der Waals surface area contributed by atoms with Crippen molar-refractivity contribution in [3.05, 3.63) is 23.8 Å². The van der Waals surface area contributed by atoms with Crippen LogP contribution in [0.3, 0.4) is 0 Å². The summed E-state index contributed by atoms with van der Waals surface area (Å²) >= 11 is 0. The van der Waals surface area contributed by atoms with Gasteiger partial charge in [-0.15, -0.1) is 0 Å². The van der Waals surface area contributed by atoms with E-state index < -0.39 is 6.61 Å². The number of rotatable bonds is 5. The summed E-state index contributed by atoms with van der Waals surface area (Å²) < 4.78 is 34.5. The van der Waals surface area contributed by atoms with Crippen LogP contribution in [0.15, 0.2) is 23.2 Å². The summed E-state index contributed by atoms with van der Waals surface area (Å²) in [7, 11) is 3.16. The second-order valence-electron chi connectivity index (χ2n) is 6.60. The van der Waals surface area contributed by atoms with Crippen LogP contribution in [-0.4, -0.2) is 44.7 Å². The van der Waals surface area contributed by atoms with Gasteiger partial charge in [-0.05, 0) is 29.5 Å². The Bertz CT molecular complexity index is 591. The molecule has 1 aromatic rings. The fourth-order valence-electron chi connectivity index (χ4n) is 2.83. The first kappa shape index (κ1) is 18.3. The second-order valence-corrected chi connectivity index (χ2v) is 6.60. The van der Waals surface area contributed by atoms with E-state index in [1.54, 1.807) is 19.2 Å². The maximum absolute atomic E-state index is 12.5. The maximum Gasteiger partial charge on any atom is 0.387 e. The second kappa shape index (κ2) is 7.68. The number of guanidine groups is 1. The van der Waals surface area contributed by atoms with E-state index in [-0.39, 0.29) is 16.9 Å². The predicted octanol–water partition coefficient (Wildman–Crippen LogP) is 3.10. The van der Waals surface area contributed by atoms with Crippen LogP contribution in [0.1, 0.15) is 25.8 Å². The molecule has 1 aromatic carbocycles. The Balaban J connectivity index is 2.02. The number of likely N-dealkylation sites (tertiary alicyclic amines) is 1. The van der Waals surface area contributed by atoms with Crippen molar-refractivity contribution in [2.75, 3.05) is 27.2 Å². The van der Waals surface area contributed by atoms with E-state index in [0.717, 1.165) is 31.0 Å². The lowest BCUT2D eigenvalue weighted by Gasteiger charge is -2.23. The zero-order valence-corrected chi connectivity index (χ0v) is 14.6. The summed E-state index contributed by atoms with van der Waals surface area (Å²) in [5, 5.41) is 3.28. The van der Waals surface area contributed by atoms with Crippen molar-refractivity contribution in [2.45, 2.75) is 33.4 Å². The third kappa shape index (κ3) is 4.72. The van der Waals surface area contributed by atoms with Crippen LogP contribution in [0.2, 0.25) is 0 Å². The van der Waals surface area contributed by atoms with E-state index in [4.69, 9.17) is 4.74 Å². The Morgan fingerprint density at radius 2 is 2.12 bits per heavy atom. The largest absolute Gasteiger partial charge is 0.493 e. The molecule has 24 heavy (non-hydrogen) atoms. The number of nitrogens with zero attached hydrogens (tertiary/aromatic N) is 2. The van der Waals surface area contributed by atoms with Crippen LogP contribution in [0.5, 0.6) is 11.5 Å². The molecule has 134 valence electrons. The lowest BCUT2D eigenvalue weighted by molar-refractivity contribution is -0.0512. The Labute approximate surface area is 141 Å². The lowest BCUT2D eigenvalue weighted by Crippen LogP contribution is -2.40. The minimum atomic E-state index is -2.89. The third-order valence-corrected chi connectivity index (χ3v) is 4.08. The van der Waals surface area contributed by atoms with Crippen LogP contribution in [0, 0.1) is 5.41 Å². The van der Waals surface area contributed by atoms with E-state index in [1.165, 1.54) is 7.11 Å². The molecule has 1 N–H and O–H groups in total. The molecule has 7 heteroatoms. The Kier molecular flexibility index (Phi) is 5.85. The van der Waals surface area contributed by atoms with E-state index >= 15 is 0 Å². The number of benzene rings is 1. The van der Waals surface area contributed by atoms with Crippen molar-refractivity contribution in [3.8, 4) is 11.5 Å². The summed E-state index contributed by atoms with van der Waals surface area (Å²) in [6.07, 6.45) is 1.11. The molecular formula is C17H25F2N3O2. The third-order valence-electron chi connectivity index (χ3n) is 4.08. The van der Waals surface area contributed by atoms with Gasteiger partial charge in [0.25, 0.3) is 0 Å². The molecule has 1 aliphatic heterocycles. The molecule has 0 atom stereocenters. The van der Waals surface area contributed by atoms with Crippen molar-refractivity contribution in [2.24, 2.45) is 10.4 Å². The summed E-state index contributed by atoms with van der Waals surface area (Å²) in [6.45, 7) is 3.94. The van der Waals surface area contributed by atoms with Crippen molar-refractivity contribution in [1.82, 2.24) is 10.2 Å². The van der Waals surface area contributed by atoms with Gasteiger partial charge in [0, 0.05) is 26.7 Å². The van der Waals surface area contributed by atoms with E-state index in [0.29, 0.717) is 6.54 Å². The highest BCUT2D eigenvalue weighted by Gasteiger charge is 2.30. The summed E-state index contributed by atoms with van der Waals surface area (Å²) in [5.74, 6) is 1.13. The van der Waals surface area contributed by atoms with Gasteiger partial charge in [-0.3, -0.25) is 4.99 Å². The molecular weight excluding hydrogens is 316 g/mol. The number of hydrogen-bond acceptors (Lipinski definition) is 3. The Morgan fingerprint density at radius 1 is 1.38 bits per heavy atom. The molecule has 1 fully saturated rings. The average Bonchev–Trinajstić information content (AvgIpc) is 2.87. The molecule has 0 radical (unpaired) electrons. The number of nitrogens with one attached hydrogen (secondary N) is 1. The molecule has 0 aromatic heterocycles. The van der Waals surface area contributed by atoms with E-state index in [2.05, 4.69) is 33.8 Å². The quantitative estimate of drug-likeness (QED) is 0.660. The fraction of sp³-hybridized carbons (Fsp3) is 0.588. The van der Waals surface area contributed by atoms with Crippen molar-refractivity contribution in [1.29, 1.82) is 0 Å². The van der Waals surface area contributed by atoms with Gasteiger partial charge in [-0.2, -0.15) is 8.78 Å². The van der Waals surface area contributed by atoms with Gasteiger partial charge in [-0.1, -0.05) is 19.9 Å². The molecule has 0 spiro atoms. The predicted molar refractivity (Wildman–Crippen MR) is 89.8 cm³/mol. The molecule has 0 saturated carbocycles. The summed E-state index contributed by atoms with van der Waals surface area (Å²) in [4.78, 5) is 6.52. The van der Waals surface area contributed by atoms with Crippen LogP contribution in [-0.2, 0) is 6.54 Å². The highest BCUT2D eigenvalue weighted by atomic mass is 19.3. The molecule has 1 aliphatic rings. The van der Waals surface area contributed by atoms with E-state index in [9.17, 15) is 8.78 Å². The first-order valence-corrected chi connectivity index (χ1v) is 7.92.